The maximum atomic E-state index is 12.7. The molecule has 148 valence electrons. The first kappa shape index (κ1) is 20.4. The Hall–Kier alpha value is -2.32. The van der Waals surface area contributed by atoms with Crippen LogP contribution in [-0.2, 0) is 19.4 Å². The van der Waals surface area contributed by atoms with Crippen LogP contribution in [0.2, 0.25) is 0 Å². The number of benzene rings is 2. The van der Waals surface area contributed by atoms with Crippen LogP contribution in [0.25, 0.3) is 0 Å². The molecule has 2 N–H and O–H groups in total. The zero-order valence-electron chi connectivity index (χ0n) is 15.7. The van der Waals surface area contributed by atoms with Gasteiger partial charge in [0, 0.05) is 28.7 Å². The third-order valence-electron chi connectivity index (χ3n) is 4.32. The fourth-order valence-electron chi connectivity index (χ4n) is 2.83. The van der Waals surface area contributed by atoms with Crippen LogP contribution in [-0.4, -0.2) is 31.2 Å². The monoisotopic (exact) mass is 418 g/mol. The molecule has 2 aromatic rings. The van der Waals surface area contributed by atoms with E-state index in [4.69, 9.17) is 0 Å². The van der Waals surface area contributed by atoms with E-state index in [0.717, 1.165) is 10.5 Å². The number of hydrogen-bond acceptors (Lipinski definition) is 5. The average molecular weight is 419 g/mol. The molecule has 0 saturated carbocycles. The first-order valence-corrected chi connectivity index (χ1v) is 11.5. The van der Waals surface area contributed by atoms with Gasteiger partial charge in [-0.3, -0.25) is 9.59 Å². The van der Waals surface area contributed by atoms with E-state index < -0.39 is 9.84 Å². The summed E-state index contributed by atoms with van der Waals surface area (Å²) in [6.45, 7) is 3.90. The Kier molecular flexibility index (Phi) is 6.10. The van der Waals surface area contributed by atoms with E-state index in [2.05, 4.69) is 10.6 Å². The first-order valence-electron chi connectivity index (χ1n) is 8.93. The lowest BCUT2D eigenvalue weighted by Crippen LogP contribution is -2.18. The standard InChI is InChI=1S/C20H22N2O4S2/c1-13-3-5-15(6-4-13)21-19(23)9-10-28(25,26)16-7-8-18-17(12-16)22-20(24)11-14(2)27-18/h3-8,12,14H,9-11H2,1-2H3,(H,21,23)(H,22,24)/t14-/m0/s1. The van der Waals surface area contributed by atoms with Gasteiger partial charge in [0.25, 0.3) is 0 Å². The van der Waals surface area contributed by atoms with Gasteiger partial charge < -0.3 is 10.6 Å². The van der Waals surface area contributed by atoms with Crippen LogP contribution >= 0.6 is 11.8 Å². The molecule has 0 aromatic heterocycles. The van der Waals surface area contributed by atoms with Crippen molar-refractivity contribution in [3.05, 3.63) is 48.0 Å². The number of sulfone groups is 1. The van der Waals surface area contributed by atoms with Crippen molar-refractivity contribution in [3.8, 4) is 0 Å². The van der Waals surface area contributed by atoms with Crippen molar-refractivity contribution < 1.29 is 18.0 Å². The summed E-state index contributed by atoms with van der Waals surface area (Å²) in [4.78, 5) is 24.9. The summed E-state index contributed by atoms with van der Waals surface area (Å²) >= 11 is 1.53. The predicted octanol–water partition coefficient (Wildman–Crippen LogP) is 3.62. The number of carbonyl (C=O) groups is 2. The molecule has 6 nitrogen and oxygen atoms in total. The summed E-state index contributed by atoms with van der Waals surface area (Å²) in [5.74, 6) is -0.799. The van der Waals surface area contributed by atoms with Crippen LogP contribution in [0, 0.1) is 6.92 Å². The molecule has 0 fully saturated rings. The van der Waals surface area contributed by atoms with Gasteiger partial charge >= 0.3 is 0 Å². The number of amides is 2. The van der Waals surface area contributed by atoms with Crippen molar-refractivity contribution in [1.82, 2.24) is 0 Å². The lowest BCUT2D eigenvalue weighted by atomic mass is 10.2. The number of rotatable bonds is 5. The zero-order valence-corrected chi connectivity index (χ0v) is 17.3. The van der Waals surface area contributed by atoms with Crippen LogP contribution in [0.1, 0.15) is 25.3 Å². The maximum absolute atomic E-state index is 12.7. The van der Waals surface area contributed by atoms with Crippen molar-refractivity contribution >= 4 is 44.8 Å². The number of nitrogens with one attached hydrogen (secondary N) is 2. The van der Waals surface area contributed by atoms with E-state index in [1.807, 2.05) is 26.0 Å². The number of fused-ring (bicyclic) bond motifs is 1. The topological polar surface area (TPSA) is 92.3 Å². The normalized spacial score (nSPS) is 16.6. The Morgan fingerprint density at radius 1 is 1.21 bits per heavy atom. The molecule has 0 saturated heterocycles. The van der Waals surface area contributed by atoms with Crippen molar-refractivity contribution in [2.24, 2.45) is 0 Å². The zero-order chi connectivity index (χ0) is 20.3. The highest BCUT2D eigenvalue weighted by molar-refractivity contribution is 8.00. The summed E-state index contributed by atoms with van der Waals surface area (Å²) in [6.07, 6.45) is 0.228. The molecule has 1 atom stereocenters. The van der Waals surface area contributed by atoms with Gasteiger partial charge in [-0.05, 0) is 37.3 Å². The molecule has 3 rings (SSSR count). The van der Waals surface area contributed by atoms with Crippen LogP contribution in [0.15, 0.2) is 52.3 Å². The largest absolute Gasteiger partial charge is 0.326 e. The van der Waals surface area contributed by atoms with Gasteiger partial charge in [0.1, 0.15) is 0 Å². The van der Waals surface area contributed by atoms with E-state index >= 15 is 0 Å². The molecule has 2 aromatic carbocycles. The fourth-order valence-corrected chi connectivity index (χ4v) is 5.14. The Balaban J connectivity index is 1.68. The summed E-state index contributed by atoms with van der Waals surface area (Å²) in [7, 11) is -3.65. The van der Waals surface area contributed by atoms with Crippen molar-refractivity contribution in [2.75, 3.05) is 16.4 Å². The second-order valence-electron chi connectivity index (χ2n) is 6.82. The minimum absolute atomic E-state index is 0.102. The third kappa shape index (κ3) is 5.14. The molecule has 1 heterocycles. The molecular formula is C20H22N2O4S2. The second-order valence-corrected chi connectivity index (χ2v) is 10.4. The highest BCUT2D eigenvalue weighted by Gasteiger charge is 2.22. The van der Waals surface area contributed by atoms with Crippen molar-refractivity contribution in [2.45, 2.75) is 41.7 Å². The molecule has 0 radical (unpaired) electrons. The molecule has 28 heavy (non-hydrogen) atoms. The van der Waals surface area contributed by atoms with Crippen molar-refractivity contribution in [3.63, 3.8) is 0 Å². The van der Waals surface area contributed by atoms with Gasteiger partial charge in [-0.1, -0.05) is 24.6 Å². The highest BCUT2D eigenvalue weighted by atomic mass is 32.2. The first-order chi connectivity index (χ1) is 13.2. The van der Waals surface area contributed by atoms with Gasteiger partial charge in [-0.15, -0.1) is 11.8 Å². The van der Waals surface area contributed by atoms with Gasteiger partial charge in [-0.25, -0.2) is 8.42 Å². The Labute approximate surface area is 169 Å². The Morgan fingerprint density at radius 2 is 1.93 bits per heavy atom. The number of thioether (sulfide) groups is 1. The Bertz CT molecular complexity index is 1000. The van der Waals surface area contributed by atoms with E-state index in [0.29, 0.717) is 17.8 Å². The van der Waals surface area contributed by atoms with E-state index in [1.165, 1.54) is 23.9 Å². The summed E-state index contributed by atoms with van der Waals surface area (Å²) in [5.41, 5.74) is 2.21. The quantitative estimate of drug-likeness (QED) is 0.774. The third-order valence-corrected chi connectivity index (χ3v) is 7.21. The van der Waals surface area contributed by atoms with Crippen LogP contribution in [0.4, 0.5) is 11.4 Å². The summed E-state index contributed by atoms with van der Waals surface area (Å²) in [5, 5.41) is 5.58. The van der Waals surface area contributed by atoms with E-state index in [1.54, 1.807) is 18.2 Å². The predicted molar refractivity (Wildman–Crippen MR) is 111 cm³/mol. The molecule has 0 spiro atoms. The Morgan fingerprint density at radius 3 is 2.64 bits per heavy atom. The molecule has 0 unspecified atom stereocenters. The maximum Gasteiger partial charge on any atom is 0.225 e. The number of carbonyl (C=O) groups excluding carboxylic acids is 2. The molecule has 1 aliphatic rings. The molecule has 8 heteroatoms. The molecule has 0 bridgehead atoms. The molecule has 1 aliphatic heterocycles. The molecule has 2 amide bonds. The SMILES string of the molecule is Cc1ccc(NC(=O)CCS(=O)(=O)c2ccc3c(c2)NC(=O)C[C@H](C)S3)cc1. The summed E-state index contributed by atoms with van der Waals surface area (Å²) in [6, 6.07) is 12.0. The van der Waals surface area contributed by atoms with Crippen LogP contribution < -0.4 is 10.6 Å². The minimum atomic E-state index is -3.65. The van der Waals surface area contributed by atoms with Gasteiger partial charge in [-0.2, -0.15) is 0 Å². The minimum Gasteiger partial charge on any atom is -0.326 e. The fraction of sp³-hybridized carbons (Fsp3) is 0.300. The second kappa shape index (κ2) is 8.36. The van der Waals surface area contributed by atoms with E-state index in [9.17, 15) is 18.0 Å². The van der Waals surface area contributed by atoms with E-state index in [-0.39, 0.29) is 34.1 Å². The van der Waals surface area contributed by atoms with Gasteiger partial charge in [0.15, 0.2) is 9.84 Å². The highest BCUT2D eigenvalue weighted by Crippen LogP contribution is 2.36. The van der Waals surface area contributed by atoms with Gasteiger partial charge in [0.2, 0.25) is 11.8 Å². The number of hydrogen-bond donors (Lipinski definition) is 2. The number of anilines is 2. The number of aryl methyl sites for hydroxylation is 1. The molecule has 0 aliphatic carbocycles. The average Bonchev–Trinajstić information content (AvgIpc) is 2.77. The van der Waals surface area contributed by atoms with Gasteiger partial charge in [0.05, 0.1) is 16.3 Å². The smallest absolute Gasteiger partial charge is 0.225 e. The lowest BCUT2D eigenvalue weighted by Gasteiger charge is -2.11. The van der Waals surface area contributed by atoms with Crippen LogP contribution in [0.5, 0.6) is 0 Å². The van der Waals surface area contributed by atoms with Crippen LogP contribution in [0.3, 0.4) is 0 Å². The van der Waals surface area contributed by atoms with Crippen molar-refractivity contribution in [1.29, 1.82) is 0 Å². The lowest BCUT2D eigenvalue weighted by molar-refractivity contribution is -0.116. The summed E-state index contributed by atoms with van der Waals surface area (Å²) < 4.78 is 25.3. The molecular weight excluding hydrogens is 396 g/mol.